The fraction of sp³-hybridized carbons (Fsp3) is 0.360. The molecule has 0 spiro atoms. The monoisotopic (exact) mass is 467 g/mol. The molecule has 1 saturated carbocycles. The molecule has 7 nitrogen and oxygen atoms in total. The van der Waals surface area contributed by atoms with Gasteiger partial charge < -0.3 is 14.8 Å². The van der Waals surface area contributed by atoms with Crippen LogP contribution in [0.2, 0.25) is 0 Å². The highest BCUT2D eigenvalue weighted by Crippen LogP contribution is 2.27. The van der Waals surface area contributed by atoms with Crippen molar-refractivity contribution in [2.75, 3.05) is 0 Å². The average Bonchev–Trinajstić information content (AvgIpc) is 3.38. The topological polar surface area (TPSA) is 104 Å². The van der Waals surface area contributed by atoms with Crippen molar-refractivity contribution in [3.05, 3.63) is 72.6 Å². The van der Waals surface area contributed by atoms with Gasteiger partial charge in [0.15, 0.2) is 0 Å². The van der Waals surface area contributed by atoms with E-state index >= 15 is 0 Å². The smallest absolute Gasteiger partial charge is 0.225 e. The molecular weight excluding hydrogens is 438 g/mol. The van der Waals surface area contributed by atoms with Crippen LogP contribution in [0.4, 0.5) is 0 Å². The van der Waals surface area contributed by atoms with Crippen molar-refractivity contribution in [3.8, 4) is 11.5 Å². The highest BCUT2D eigenvalue weighted by atomic mass is 32.2. The zero-order chi connectivity index (χ0) is 23.2. The summed E-state index contributed by atoms with van der Waals surface area (Å²) in [5.41, 5.74) is 1.72. The molecule has 3 atom stereocenters. The zero-order valence-corrected chi connectivity index (χ0v) is 19.3. The van der Waals surface area contributed by atoms with Gasteiger partial charge in [-0.05, 0) is 62.4 Å². The summed E-state index contributed by atoms with van der Waals surface area (Å²) >= 11 is 0. The number of amides is 1. The largest absolute Gasteiger partial charge is 0.445 e. The molecule has 2 aromatic carbocycles. The first kappa shape index (κ1) is 23.4. The van der Waals surface area contributed by atoms with Crippen LogP contribution in [0.1, 0.15) is 44.2 Å². The molecule has 8 heteroatoms. The Bertz CT molecular complexity index is 1050. The molecule has 3 N–H and O–H groups in total. The number of nitrogens with one attached hydrogen (secondary N) is 2. The third-order valence-corrected chi connectivity index (χ3v) is 7.31. The van der Waals surface area contributed by atoms with Gasteiger partial charge in [0.2, 0.25) is 11.8 Å². The lowest BCUT2D eigenvalue weighted by molar-refractivity contribution is -0.127. The number of carbonyl (C=O) groups is 1. The minimum absolute atomic E-state index is 0.0357. The quantitative estimate of drug-likeness (QED) is 0.468. The van der Waals surface area contributed by atoms with Gasteiger partial charge in [-0.1, -0.05) is 30.3 Å². The number of rotatable bonds is 8. The second-order valence-electron chi connectivity index (χ2n) is 8.43. The third-order valence-electron chi connectivity index (χ3n) is 6.06. The lowest BCUT2D eigenvalue weighted by atomic mass is 9.85. The van der Waals surface area contributed by atoms with Gasteiger partial charge in [0.1, 0.15) is 17.2 Å². The van der Waals surface area contributed by atoms with E-state index in [1.165, 1.54) is 6.26 Å². The number of nitrogens with zero attached hydrogens (tertiary/aromatic N) is 1. The lowest BCUT2D eigenvalue weighted by Gasteiger charge is -2.30. The fourth-order valence-electron chi connectivity index (χ4n) is 4.19. The van der Waals surface area contributed by atoms with Gasteiger partial charge in [-0.2, -0.15) is 0 Å². The molecule has 1 amide bonds. The van der Waals surface area contributed by atoms with E-state index in [2.05, 4.69) is 15.0 Å². The van der Waals surface area contributed by atoms with E-state index < -0.39 is 23.1 Å². The van der Waals surface area contributed by atoms with Gasteiger partial charge in [0, 0.05) is 17.5 Å². The Morgan fingerprint density at radius 2 is 1.79 bits per heavy atom. The first-order valence-corrected chi connectivity index (χ1v) is 12.4. The Morgan fingerprint density at radius 3 is 2.39 bits per heavy atom. The van der Waals surface area contributed by atoms with Crippen molar-refractivity contribution in [2.24, 2.45) is 5.92 Å². The Hall–Kier alpha value is -2.81. The summed E-state index contributed by atoms with van der Waals surface area (Å²) in [6.45, 7) is 1.69. The van der Waals surface area contributed by atoms with E-state index in [1.54, 1.807) is 13.1 Å². The van der Waals surface area contributed by atoms with E-state index in [4.69, 9.17) is 4.42 Å². The van der Waals surface area contributed by atoms with Gasteiger partial charge in [-0.15, -0.1) is 0 Å². The molecule has 1 unspecified atom stereocenters. The number of aliphatic hydroxyl groups is 1. The van der Waals surface area contributed by atoms with Crippen molar-refractivity contribution in [3.63, 3.8) is 0 Å². The van der Waals surface area contributed by atoms with Gasteiger partial charge in [-0.25, -0.2) is 13.9 Å². The summed E-state index contributed by atoms with van der Waals surface area (Å²) in [6.07, 6.45) is 5.38. The third kappa shape index (κ3) is 5.96. The number of oxazole rings is 1. The molecule has 1 aliphatic carbocycles. The number of hydrogen-bond donors (Lipinski definition) is 3. The molecule has 33 heavy (non-hydrogen) atoms. The minimum Gasteiger partial charge on any atom is -0.445 e. The van der Waals surface area contributed by atoms with E-state index in [-0.39, 0.29) is 17.9 Å². The maximum absolute atomic E-state index is 12.9. The number of benzene rings is 2. The van der Waals surface area contributed by atoms with Crippen molar-refractivity contribution in [1.82, 2.24) is 15.0 Å². The first-order chi connectivity index (χ1) is 16.0. The predicted molar refractivity (Wildman–Crippen MR) is 126 cm³/mol. The summed E-state index contributed by atoms with van der Waals surface area (Å²) < 4.78 is 21.2. The lowest BCUT2D eigenvalue weighted by Crippen LogP contribution is -2.42. The summed E-state index contributed by atoms with van der Waals surface area (Å²) in [5, 5.41) is 13.2. The Balaban J connectivity index is 1.27. The zero-order valence-electron chi connectivity index (χ0n) is 18.5. The van der Waals surface area contributed by atoms with Crippen LogP contribution >= 0.6 is 0 Å². The number of aromatic nitrogens is 1. The standard InChI is InChI=1S/C25H29N3O4S/c1-17(29)23(18-5-3-2-4-6-18)27-24(30)19-7-11-21(12-8-19)28-33(31)22-13-9-20(10-14-22)25-26-15-16-32-25/h2-6,9-10,13-17,19,21,23,28-29H,7-8,11-12H2,1H3,(H,27,30)/t17-,19?,21?,23-,33?/m1/s1. The minimum atomic E-state index is -1.33. The van der Waals surface area contributed by atoms with Crippen molar-refractivity contribution < 1.29 is 18.5 Å². The van der Waals surface area contributed by atoms with Gasteiger partial charge in [-0.3, -0.25) is 4.79 Å². The molecule has 1 fully saturated rings. The second kappa shape index (κ2) is 10.9. The maximum Gasteiger partial charge on any atom is 0.225 e. The van der Waals surface area contributed by atoms with Gasteiger partial charge >= 0.3 is 0 Å². The molecular formula is C25H29N3O4S. The predicted octanol–water partition coefficient (Wildman–Crippen LogP) is 3.75. The van der Waals surface area contributed by atoms with Crippen LogP contribution in [0.15, 0.2) is 76.4 Å². The molecule has 1 aliphatic rings. The molecule has 174 valence electrons. The van der Waals surface area contributed by atoms with Crippen LogP contribution in [-0.2, 0) is 15.8 Å². The van der Waals surface area contributed by atoms with Crippen molar-refractivity contribution in [1.29, 1.82) is 0 Å². The SMILES string of the molecule is C[C@@H](O)[C@@H](NC(=O)C1CCC(NS(=O)c2ccc(-c3ncco3)cc2)CC1)c1ccccc1. The molecule has 3 aromatic rings. The number of aliphatic hydroxyl groups excluding tert-OH is 1. The molecule has 1 aromatic heterocycles. The van der Waals surface area contributed by atoms with Crippen LogP contribution in [0.25, 0.3) is 11.5 Å². The molecule has 0 aliphatic heterocycles. The van der Waals surface area contributed by atoms with E-state index in [9.17, 15) is 14.1 Å². The Labute approximate surface area is 196 Å². The van der Waals surface area contributed by atoms with Gasteiger partial charge in [0.05, 0.1) is 23.2 Å². The first-order valence-electron chi connectivity index (χ1n) is 11.2. The summed E-state index contributed by atoms with van der Waals surface area (Å²) in [4.78, 5) is 17.7. The van der Waals surface area contributed by atoms with E-state index in [0.717, 1.165) is 24.0 Å². The fourth-order valence-corrected chi connectivity index (χ4v) is 5.25. The van der Waals surface area contributed by atoms with Crippen molar-refractivity contribution >= 4 is 16.9 Å². The van der Waals surface area contributed by atoms with Crippen LogP contribution in [0.5, 0.6) is 0 Å². The van der Waals surface area contributed by atoms with E-state index in [1.807, 2.05) is 54.6 Å². The summed E-state index contributed by atoms with van der Waals surface area (Å²) in [5.74, 6) is 0.384. The van der Waals surface area contributed by atoms with Crippen LogP contribution in [0, 0.1) is 5.92 Å². The van der Waals surface area contributed by atoms with Crippen LogP contribution in [0.3, 0.4) is 0 Å². The van der Waals surface area contributed by atoms with Crippen LogP contribution in [-0.4, -0.2) is 32.4 Å². The van der Waals surface area contributed by atoms with Crippen LogP contribution < -0.4 is 10.0 Å². The molecule has 0 radical (unpaired) electrons. The Kier molecular flexibility index (Phi) is 7.69. The summed E-state index contributed by atoms with van der Waals surface area (Å²) in [6, 6.07) is 16.5. The average molecular weight is 468 g/mol. The molecule has 0 bridgehead atoms. The summed E-state index contributed by atoms with van der Waals surface area (Å²) in [7, 11) is -1.33. The maximum atomic E-state index is 12.9. The normalized spacial score (nSPS) is 21.2. The highest BCUT2D eigenvalue weighted by Gasteiger charge is 2.29. The second-order valence-corrected chi connectivity index (χ2v) is 9.68. The number of carbonyl (C=O) groups excluding carboxylic acids is 1. The molecule has 4 rings (SSSR count). The molecule has 0 saturated heterocycles. The van der Waals surface area contributed by atoms with Crippen molar-refractivity contribution in [2.45, 2.75) is 55.7 Å². The molecule has 1 heterocycles. The highest BCUT2D eigenvalue weighted by molar-refractivity contribution is 7.83. The van der Waals surface area contributed by atoms with Gasteiger partial charge in [0.25, 0.3) is 0 Å². The Morgan fingerprint density at radius 1 is 1.09 bits per heavy atom. The van der Waals surface area contributed by atoms with E-state index in [0.29, 0.717) is 23.6 Å². The number of hydrogen-bond acceptors (Lipinski definition) is 5.